The third-order valence-corrected chi connectivity index (χ3v) is 2.55. The van der Waals surface area contributed by atoms with Crippen molar-refractivity contribution in [1.29, 1.82) is 0 Å². The second-order valence-electron chi connectivity index (χ2n) is 4.25. The van der Waals surface area contributed by atoms with Crippen LogP contribution in [0.2, 0.25) is 0 Å². The molecular formula is C14H23NO. The van der Waals surface area contributed by atoms with Gasteiger partial charge in [-0.2, -0.15) is 0 Å². The van der Waals surface area contributed by atoms with Gasteiger partial charge in [-0.15, -0.1) is 0 Å². The van der Waals surface area contributed by atoms with Crippen LogP contribution in [0.15, 0.2) is 24.3 Å². The molecule has 16 heavy (non-hydrogen) atoms. The first-order valence-corrected chi connectivity index (χ1v) is 6.23. The average molecular weight is 221 g/mol. The summed E-state index contributed by atoms with van der Waals surface area (Å²) in [6.07, 6.45) is 4.25. The zero-order valence-corrected chi connectivity index (χ0v) is 10.4. The first-order valence-electron chi connectivity index (χ1n) is 6.23. The zero-order valence-electron chi connectivity index (χ0n) is 10.4. The molecule has 0 heterocycles. The van der Waals surface area contributed by atoms with E-state index in [1.54, 1.807) is 0 Å². The average Bonchev–Trinajstić information content (AvgIpc) is 2.28. The monoisotopic (exact) mass is 221 g/mol. The molecule has 2 N–H and O–H groups in total. The van der Waals surface area contributed by atoms with Crippen molar-refractivity contribution in [2.45, 2.75) is 45.6 Å². The van der Waals surface area contributed by atoms with Crippen molar-refractivity contribution >= 4 is 0 Å². The predicted octanol–water partition coefficient (Wildman–Crippen LogP) is 3.15. The first kappa shape index (κ1) is 13.0. The summed E-state index contributed by atoms with van der Waals surface area (Å²) in [5, 5.41) is 0. The van der Waals surface area contributed by atoms with Crippen molar-refractivity contribution < 1.29 is 4.74 Å². The van der Waals surface area contributed by atoms with Gasteiger partial charge in [-0.1, -0.05) is 32.4 Å². The van der Waals surface area contributed by atoms with Crippen LogP contribution in [-0.2, 0) is 6.42 Å². The van der Waals surface area contributed by atoms with Crippen LogP contribution in [0, 0.1) is 0 Å². The smallest absolute Gasteiger partial charge is 0.119 e. The SMILES string of the molecule is CCCOc1ccc(CC(N)CCC)cc1. The van der Waals surface area contributed by atoms with E-state index in [0.717, 1.165) is 38.0 Å². The van der Waals surface area contributed by atoms with Crippen molar-refractivity contribution in [3.63, 3.8) is 0 Å². The highest BCUT2D eigenvalue weighted by Gasteiger charge is 2.02. The Balaban J connectivity index is 2.44. The number of rotatable bonds is 7. The molecule has 1 aromatic carbocycles. The van der Waals surface area contributed by atoms with Gasteiger partial charge in [-0.05, 0) is 37.0 Å². The summed E-state index contributed by atoms with van der Waals surface area (Å²) in [7, 11) is 0. The van der Waals surface area contributed by atoms with Crippen molar-refractivity contribution in [3.05, 3.63) is 29.8 Å². The lowest BCUT2D eigenvalue weighted by atomic mass is 10.0. The molecule has 0 amide bonds. The molecule has 0 saturated carbocycles. The van der Waals surface area contributed by atoms with Crippen molar-refractivity contribution in [2.24, 2.45) is 5.73 Å². The quantitative estimate of drug-likeness (QED) is 0.767. The van der Waals surface area contributed by atoms with Gasteiger partial charge in [-0.25, -0.2) is 0 Å². The van der Waals surface area contributed by atoms with Crippen LogP contribution in [0.5, 0.6) is 5.75 Å². The fraction of sp³-hybridized carbons (Fsp3) is 0.571. The van der Waals surface area contributed by atoms with Gasteiger partial charge in [0.2, 0.25) is 0 Å². The molecule has 2 heteroatoms. The fourth-order valence-electron chi connectivity index (χ4n) is 1.72. The lowest BCUT2D eigenvalue weighted by Crippen LogP contribution is -2.22. The minimum Gasteiger partial charge on any atom is -0.494 e. The van der Waals surface area contributed by atoms with Crippen LogP contribution in [0.25, 0.3) is 0 Å². The molecule has 0 bridgehead atoms. The van der Waals surface area contributed by atoms with E-state index >= 15 is 0 Å². The Morgan fingerprint density at radius 1 is 1.12 bits per heavy atom. The third kappa shape index (κ3) is 4.67. The summed E-state index contributed by atoms with van der Waals surface area (Å²) >= 11 is 0. The van der Waals surface area contributed by atoms with E-state index in [2.05, 4.69) is 26.0 Å². The second-order valence-corrected chi connectivity index (χ2v) is 4.25. The normalized spacial score (nSPS) is 12.4. The molecule has 0 spiro atoms. The third-order valence-electron chi connectivity index (χ3n) is 2.55. The Kier molecular flexibility index (Phi) is 5.94. The molecule has 0 aliphatic carbocycles. The molecule has 1 unspecified atom stereocenters. The topological polar surface area (TPSA) is 35.2 Å². The summed E-state index contributed by atoms with van der Waals surface area (Å²) in [6.45, 7) is 5.06. The summed E-state index contributed by atoms with van der Waals surface area (Å²) in [5.74, 6) is 0.953. The predicted molar refractivity (Wildman–Crippen MR) is 68.8 cm³/mol. The lowest BCUT2D eigenvalue weighted by Gasteiger charge is -2.11. The highest BCUT2D eigenvalue weighted by atomic mass is 16.5. The van der Waals surface area contributed by atoms with Crippen LogP contribution in [0.1, 0.15) is 38.7 Å². The van der Waals surface area contributed by atoms with Crippen LogP contribution in [-0.4, -0.2) is 12.6 Å². The lowest BCUT2D eigenvalue weighted by molar-refractivity contribution is 0.317. The Bertz CT molecular complexity index is 281. The van der Waals surface area contributed by atoms with Gasteiger partial charge in [-0.3, -0.25) is 0 Å². The van der Waals surface area contributed by atoms with Gasteiger partial charge in [0.15, 0.2) is 0 Å². The minimum absolute atomic E-state index is 0.285. The first-order chi connectivity index (χ1) is 7.76. The molecule has 0 aromatic heterocycles. The summed E-state index contributed by atoms with van der Waals surface area (Å²) in [5.41, 5.74) is 7.30. The molecular weight excluding hydrogens is 198 g/mol. The molecule has 0 aliphatic rings. The van der Waals surface area contributed by atoms with E-state index in [1.807, 2.05) is 12.1 Å². The molecule has 0 radical (unpaired) electrons. The summed E-state index contributed by atoms with van der Waals surface area (Å²) in [6, 6.07) is 8.57. The van der Waals surface area contributed by atoms with Gasteiger partial charge in [0.25, 0.3) is 0 Å². The van der Waals surface area contributed by atoms with Gasteiger partial charge in [0.1, 0.15) is 5.75 Å². The maximum Gasteiger partial charge on any atom is 0.119 e. The van der Waals surface area contributed by atoms with Gasteiger partial charge in [0, 0.05) is 6.04 Å². The standard InChI is InChI=1S/C14H23NO/c1-3-5-13(15)11-12-6-8-14(9-7-12)16-10-4-2/h6-9,13H,3-5,10-11,15H2,1-2H3. The largest absolute Gasteiger partial charge is 0.494 e. The number of benzene rings is 1. The maximum absolute atomic E-state index is 6.00. The Morgan fingerprint density at radius 2 is 1.81 bits per heavy atom. The Morgan fingerprint density at radius 3 is 2.38 bits per heavy atom. The molecule has 1 aromatic rings. The van der Waals surface area contributed by atoms with Gasteiger partial charge < -0.3 is 10.5 Å². The molecule has 2 nitrogen and oxygen atoms in total. The Hall–Kier alpha value is -1.02. The maximum atomic E-state index is 6.00. The van der Waals surface area contributed by atoms with E-state index in [4.69, 9.17) is 10.5 Å². The van der Waals surface area contributed by atoms with Crippen molar-refractivity contribution in [2.75, 3.05) is 6.61 Å². The Labute approximate surface area is 98.8 Å². The fourth-order valence-corrected chi connectivity index (χ4v) is 1.72. The van der Waals surface area contributed by atoms with Gasteiger partial charge >= 0.3 is 0 Å². The van der Waals surface area contributed by atoms with Crippen LogP contribution in [0.4, 0.5) is 0 Å². The van der Waals surface area contributed by atoms with E-state index in [-0.39, 0.29) is 6.04 Å². The van der Waals surface area contributed by atoms with Crippen LogP contribution >= 0.6 is 0 Å². The van der Waals surface area contributed by atoms with Crippen LogP contribution < -0.4 is 10.5 Å². The van der Waals surface area contributed by atoms with Gasteiger partial charge in [0.05, 0.1) is 6.61 Å². The molecule has 90 valence electrons. The van der Waals surface area contributed by atoms with E-state index < -0.39 is 0 Å². The molecule has 0 fully saturated rings. The van der Waals surface area contributed by atoms with E-state index in [1.165, 1.54) is 5.56 Å². The molecule has 0 saturated heterocycles. The number of hydrogen-bond acceptors (Lipinski definition) is 2. The second kappa shape index (κ2) is 7.29. The highest BCUT2D eigenvalue weighted by molar-refractivity contribution is 5.27. The number of hydrogen-bond donors (Lipinski definition) is 1. The minimum atomic E-state index is 0.285. The van der Waals surface area contributed by atoms with E-state index in [9.17, 15) is 0 Å². The molecule has 1 rings (SSSR count). The zero-order chi connectivity index (χ0) is 11.8. The molecule has 0 aliphatic heterocycles. The highest BCUT2D eigenvalue weighted by Crippen LogP contribution is 2.14. The summed E-state index contributed by atoms with van der Waals surface area (Å²) in [4.78, 5) is 0. The van der Waals surface area contributed by atoms with Crippen molar-refractivity contribution in [3.8, 4) is 5.75 Å². The summed E-state index contributed by atoms with van der Waals surface area (Å²) < 4.78 is 5.53. The number of ether oxygens (including phenoxy) is 1. The molecule has 1 atom stereocenters. The van der Waals surface area contributed by atoms with Crippen LogP contribution in [0.3, 0.4) is 0 Å². The van der Waals surface area contributed by atoms with Crippen molar-refractivity contribution in [1.82, 2.24) is 0 Å². The number of nitrogens with two attached hydrogens (primary N) is 1. The van der Waals surface area contributed by atoms with E-state index in [0.29, 0.717) is 0 Å².